The fraction of sp³-hybridized carbons (Fsp3) is 0.300. The maximum atomic E-state index is 11.6. The molecule has 0 aliphatic heterocycles. The van der Waals surface area contributed by atoms with Gasteiger partial charge in [0.15, 0.2) is 9.84 Å². The lowest BCUT2D eigenvalue weighted by Gasteiger charge is -2.03. The van der Waals surface area contributed by atoms with Gasteiger partial charge in [0.2, 0.25) is 0 Å². The molecule has 17 heavy (non-hydrogen) atoms. The third-order valence-corrected chi connectivity index (χ3v) is 3.78. The lowest BCUT2D eigenvalue weighted by atomic mass is 10.2. The standard InChI is InChI=1S/C10H13NO4S.ClH/c1-15-10(12)8-2-4-9(5-3-8)16(13,14)7-6-11;/h2-5H,6-7,11H2,1H3;1H. The van der Waals surface area contributed by atoms with Crippen molar-refractivity contribution in [1.82, 2.24) is 0 Å². The van der Waals surface area contributed by atoms with Crippen molar-refractivity contribution in [1.29, 1.82) is 0 Å². The number of benzene rings is 1. The van der Waals surface area contributed by atoms with Crippen LogP contribution in [0.1, 0.15) is 10.4 Å². The fourth-order valence-electron chi connectivity index (χ4n) is 1.19. The summed E-state index contributed by atoms with van der Waals surface area (Å²) in [6.07, 6.45) is 0. The molecule has 0 aromatic heterocycles. The second-order valence-corrected chi connectivity index (χ2v) is 5.23. The average molecular weight is 280 g/mol. The molecular formula is C10H14ClNO4S. The molecule has 0 saturated heterocycles. The van der Waals surface area contributed by atoms with E-state index in [1.54, 1.807) is 0 Å². The number of hydrogen-bond acceptors (Lipinski definition) is 5. The Morgan fingerprint density at radius 1 is 1.29 bits per heavy atom. The van der Waals surface area contributed by atoms with E-state index in [0.717, 1.165) is 0 Å². The number of nitrogens with two attached hydrogens (primary N) is 1. The largest absolute Gasteiger partial charge is 0.465 e. The first kappa shape index (κ1) is 15.9. The molecule has 0 spiro atoms. The van der Waals surface area contributed by atoms with Crippen molar-refractivity contribution in [2.75, 3.05) is 19.4 Å². The molecule has 1 rings (SSSR count). The van der Waals surface area contributed by atoms with Crippen LogP contribution in [0.5, 0.6) is 0 Å². The Balaban J connectivity index is 0.00000256. The minimum atomic E-state index is -3.34. The van der Waals surface area contributed by atoms with Crippen molar-refractivity contribution in [2.45, 2.75) is 4.90 Å². The first-order valence-corrected chi connectivity index (χ1v) is 6.27. The van der Waals surface area contributed by atoms with E-state index >= 15 is 0 Å². The van der Waals surface area contributed by atoms with Crippen LogP contribution in [0.3, 0.4) is 0 Å². The molecule has 96 valence electrons. The van der Waals surface area contributed by atoms with Gasteiger partial charge < -0.3 is 10.5 Å². The number of halogens is 1. The summed E-state index contributed by atoms with van der Waals surface area (Å²) >= 11 is 0. The Labute approximate surface area is 106 Å². The van der Waals surface area contributed by atoms with Crippen molar-refractivity contribution in [2.24, 2.45) is 5.73 Å². The van der Waals surface area contributed by atoms with E-state index < -0.39 is 15.8 Å². The summed E-state index contributed by atoms with van der Waals surface area (Å²) in [5, 5.41) is 0. The van der Waals surface area contributed by atoms with Gasteiger partial charge in [0.1, 0.15) is 0 Å². The van der Waals surface area contributed by atoms with Crippen LogP contribution >= 0.6 is 12.4 Å². The molecule has 0 bridgehead atoms. The van der Waals surface area contributed by atoms with Crippen molar-refractivity contribution in [3.63, 3.8) is 0 Å². The van der Waals surface area contributed by atoms with Crippen molar-refractivity contribution >= 4 is 28.2 Å². The Morgan fingerprint density at radius 3 is 2.24 bits per heavy atom. The maximum absolute atomic E-state index is 11.6. The van der Waals surface area contributed by atoms with Crippen molar-refractivity contribution in [3.05, 3.63) is 29.8 Å². The van der Waals surface area contributed by atoms with E-state index in [9.17, 15) is 13.2 Å². The molecule has 0 heterocycles. The molecule has 0 unspecified atom stereocenters. The third-order valence-electron chi connectivity index (χ3n) is 2.02. The van der Waals surface area contributed by atoms with E-state index in [4.69, 9.17) is 5.73 Å². The topological polar surface area (TPSA) is 86.5 Å². The van der Waals surface area contributed by atoms with Crippen LogP contribution in [0.25, 0.3) is 0 Å². The zero-order valence-electron chi connectivity index (χ0n) is 9.25. The van der Waals surface area contributed by atoms with Gasteiger partial charge in [-0.2, -0.15) is 0 Å². The molecule has 0 amide bonds. The van der Waals surface area contributed by atoms with Gasteiger partial charge in [-0.1, -0.05) is 0 Å². The van der Waals surface area contributed by atoms with Crippen LogP contribution in [-0.2, 0) is 14.6 Å². The van der Waals surface area contributed by atoms with E-state index in [0.29, 0.717) is 5.56 Å². The van der Waals surface area contributed by atoms with Gasteiger partial charge in [-0.3, -0.25) is 0 Å². The van der Waals surface area contributed by atoms with Gasteiger partial charge in [-0.05, 0) is 24.3 Å². The number of esters is 1. The molecule has 0 atom stereocenters. The molecule has 2 N–H and O–H groups in total. The van der Waals surface area contributed by atoms with Gasteiger partial charge in [-0.15, -0.1) is 12.4 Å². The van der Waals surface area contributed by atoms with Crippen LogP contribution in [0, 0.1) is 0 Å². The Bertz CT molecular complexity index is 470. The lowest BCUT2D eigenvalue weighted by molar-refractivity contribution is 0.0600. The highest BCUT2D eigenvalue weighted by atomic mass is 35.5. The van der Waals surface area contributed by atoms with Gasteiger partial charge in [-0.25, -0.2) is 13.2 Å². The molecule has 7 heteroatoms. The van der Waals surface area contributed by atoms with Gasteiger partial charge in [0.25, 0.3) is 0 Å². The summed E-state index contributed by atoms with van der Waals surface area (Å²) in [7, 11) is -2.07. The molecule has 0 saturated carbocycles. The zero-order chi connectivity index (χ0) is 12.2. The lowest BCUT2D eigenvalue weighted by Crippen LogP contribution is -2.15. The summed E-state index contributed by atoms with van der Waals surface area (Å²) < 4.78 is 27.7. The van der Waals surface area contributed by atoms with Crippen LogP contribution in [-0.4, -0.2) is 33.8 Å². The predicted molar refractivity (Wildman–Crippen MR) is 66.1 cm³/mol. The maximum Gasteiger partial charge on any atom is 0.337 e. The SMILES string of the molecule is COC(=O)c1ccc(S(=O)(=O)CCN)cc1.Cl. The van der Waals surface area contributed by atoms with Crippen molar-refractivity contribution < 1.29 is 17.9 Å². The highest BCUT2D eigenvalue weighted by Gasteiger charge is 2.14. The number of ether oxygens (including phenoxy) is 1. The molecule has 0 aliphatic rings. The number of carbonyl (C=O) groups excluding carboxylic acids is 1. The van der Waals surface area contributed by atoms with Crippen LogP contribution in [0.4, 0.5) is 0 Å². The highest BCUT2D eigenvalue weighted by molar-refractivity contribution is 7.91. The first-order chi connectivity index (χ1) is 7.51. The average Bonchev–Trinajstić information content (AvgIpc) is 2.28. The summed E-state index contributed by atoms with van der Waals surface area (Å²) in [6.45, 7) is 0.0705. The number of carbonyl (C=O) groups is 1. The van der Waals surface area contributed by atoms with E-state index in [1.165, 1.54) is 31.4 Å². The van der Waals surface area contributed by atoms with Crippen LogP contribution < -0.4 is 5.73 Å². The number of hydrogen-bond donors (Lipinski definition) is 1. The number of sulfone groups is 1. The predicted octanol–water partition coefficient (Wildman–Crippen LogP) is 0.627. The Kier molecular flexibility index (Phi) is 6.15. The van der Waals surface area contributed by atoms with E-state index in [2.05, 4.69) is 4.74 Å². The summed E-state index contributed by atoms with van der Waals surface area (Å²) in [5.74, 6) is -0.604. The molecule has 1 aromatic rings. The molecule has 0 aliphatic carbocycles. The van der Waals surface area contributed by atoms with Gasteiger partial charge in [0, 0.05) is 6.54 Å². The Morgan fingerprint density at radius 2 is 1.82 bits per heavy atom. The van der Waals surface area contributed by atoms with Crippen LogP contribution in [0.2, 0.25) is 0 Å². The van der Waals surface area contributed by atoms with E-state index in [1.807, 2.05) is 0 Å². The smallest absolute Gasteiger partial charge is 0.337 e. The molecule has 1 aromatic carbocycles. The quantitative estimate of drug-likeness (QED) is 0.817. The van der Waals surface area contributed by atoms with Crippen molar-refractivity contribution in [3.8, 4) is 0 Å². The normalized spacial score (nSPS) is 10.5. The first-order valence-electron chi connectivity index (χ1n) is 4.62. The summed E-state index contributed by atoms with van der Waals surface area (Å²) in [6, 6.07) is 5.57. The van der Waals surface area contributed by atoms with Gasteiger partial charge >= 0.3 is 5.97 Å². The molecule has 0 radical (unpaired) electrons. The van der Waals surface area contributed by atoms with Gasteiger partial charge in [0.05, 0.1) is 23.3 Å². The Hall–Kier alpha value is -1.11. The van der Waals surface area contributed by atoms with E-state index in [-0.39, 0.29) is 29.6 Å². The minimum Gasteiger partial charge on any atom is -0.465 e. The monoisotopic (exact) mass is 279 g/mol. The minimum absolute atomic E-state index is 0. The molecular weight excluding hydrogens is 266 g/mol. The molecule has 5 nitrogen and oxygen atoms in total. The third kappa shape index (κ3) is 3.99. The molecule has 0 fully saturated rings. The number of methoxy groups -OCH3 is 1. The fourth-order valence-corrected chi connectivity index (χ4v) is 2.29. The number of rotatable bonds is 4. The summed E-state index contributed by atoms with van der Waals surface area (Å²) in [4.78, 5) is 11.3. The second kappa shape index (κ2) is 6.58. The second-order valence-electron chi connectivity index (χ2n) is 3.12. The summed E-state index contributed by atoms with van der Waals surface area (Å²) in [5.41, 5.74) is 5.51. The zero-order valence-corrected chi connectivity index (χ0v) is 10.9. The van der Waals surface area contributed by atoms with Crippen LogP contribution in [0.15, 0.2) is 29.2 Å². The highest BCUT2D eigenvalue weighted by Crippen LogP contribution is 2.12.